The van der Waals surface area contributed by atoms with Crippen LogP contribution in [-0.4, -0.2) is 0 Å². The van der Waals surface area contributed by atoms with Gasteiger partial charge in [0.25, 0.3) is 0 Å². The van der Waals surface area contributed by atoms with Gasteiger partial charge in [-0.15, -0.1) is 0 Å². The summed E-state index contributed by atoms with van der Waals surface area (Å²) in [5.74, 6) is 0. The zero-order chi connectivity index (χ0) is 56.0. The van der Waals surface area contributed by atoms with Crippen LogP contribution in [0.5, 0.6) is 0 Å². The first-order chi connectivity index (χ1) is 41.6. The van der Waals surface area contributed by atoms with E-state index in [4.69, 9.17) is 0 Å². The Morgan fingerprint density at radius 1 is 0.119 bits per heavy atom. The summed E-state index contributed by atoms with van der Waals surface area (Å²) in [6.07, 6.45) is 0. The van der Waals surface area contributed by atoms with Gasteiger partial charge in [-0.2, -0.15) is 0 Å². The quantitative estimate of drug-likeness (QED) is 0.101. The zero-order valence-electron chi connectivity index (χ0n) is 46.3. The van der Waals surface area contributed by atoms with Crippen LogP contribution in [0.15, 0.2) is 352 Å². The van der Waals surface area contributed by atoms with Gasteiger partial charge in [-0.1, -0.05) is 206 Å². The first-order valence-electron chi connectivity index (χ1n) is 28.6. The largest absolute Gasteiger partial charge is 0.311 e. The second-order valence-electron chi connectivity index (χ2n) is 21.0. The Morgan fingerprint density at radius 2 is 0.286 bits per heavy atom. The summed E-state index contributed by atoms with van der Waals surface area (Å²) in [7, 11) is 0. The third-order valence-corrected chi connectivity index (χ3v) is 15.8. The summed E-state index contributed by atoms with van der Waals surface area (Å²) in [6, 6.07) is 126. The monoisotopic (exact) mass is 1070 g/mol. The lowest BCUT2D eigenvalue weighted by Crippen LogP contribution is -2.10. The Kier molecular flexibility index (Phi) is 14.0. The van der Waals surface area contributed by atoms with E-state index in [9.17, 15) is 0 Å². The maximum Gasteiger partial charge on any atom is 0.0468 e. The Bertz CT molecular complexity index is 4110. The number of nitrogens with zero attached hydrogens (tertiary/aromatic N) is 4. The molecule has 0 amide bonds. The molecule has 14 aromatic carbocycles. The summed E-state index contributed by atoms with van der Waals surface area (Å²) < 4.78 is 0. The molecule has 398 valence electrons. The molecule has 0 unspecified atom stereocenters. The SMILES string of the molecule is c1ccc(N(c2ccccc2)c2ccc(-c3ccc(N(c4ccc(-c5ccc(N(c6ccc(-c7ccc(N(c8ccccc8)c8ccccc8)cc7)cc6)c6ccc7ccccc7c6)cc5)cc4)c4ccc5ccccc5c4)cc3)cc2)cc1. The van der Waals surface area contributed by atoms with Gasteiger partial charge in [0.2, 0.25) is 0 Å². The minimum absolute atomic E-state index is 1.08. The highest BCUT2D eigenvalue weighted by Crippen LogP contribution is 2.43. The fourth-order valence-corrected chi connectivity index (χ4v) is 11.5. The van der Waals surface area contributed by atoms with Crippen LogP contribution in [0.4, 0.5) is 68.2 Å². The Hall–Kier alpha value is -11.2. The second-order valence-corrected chi connectivity index (χ2v) is 21.0. The number of para-hydroxylation sites is 4. The number of hydrogen-bond donors (Lipinski definition) is 0. The van der Waals surface area contributed by atoms with E-state index >= 15 is 0 Å². The summed E-state index contributed by atoms with van der Waals surface area (Å²) in [6.45, 7) is 0. The van der Waals surface area contributed by atoms with Crippen LogP contribution < -0.4 is 19.6 Å². The number of fused-ring (bicyclic) bond motifs is 2. The molecular formula is C80H58N4. The molecule has 0 bridgehead atoms. The fourth-order valence-electron chi connectivity index (χ4n) is 11.5. The maximum absolute atomic E-state index is 2.36. The average molecular weight is 1080 g/mol. The van der Waals surface area contributed by atoms with Crippen molar-refractivity contribution in [2.75, 3.05) is 19.6 Å². The van der Waals surface area contributed by atoms with Gasteiger partial charge in [-0.05, 0) is 201 Å². The smallest absolute Gasteiger partial charge is 0.0468 e. The van der Waals surface area contributed by atoms with Crippen molar-refractivity contribution >= 4 is 89.8 Å². The van der Waals surface area contributed by atoms with Crippen molar-refractivity contribution in [3.63, 3.8) is 0 Å². The lowest BCUT2D eigenvalue weighted by molar-refractivity contribution is 1.28. The normalized spacial score (nSPS) is 11.1. The molecule has 0 heterocycles. The molecule has 0 spiro atoms. The molecule has 0 N–H and O–H groups in total. The van der Waals surface area contributed by atoms with Crippen molar-refractivity contribution < 1.29 is 0 Å². The lowest BCUT2D eigenvalue weighted by atomic mass is 10.0. The van der Waals surface area contributed by atoms with E-state index in [-0.39, 0.29) is 0 Å². The van der Waals surface area contributed by atoms with E-state index in [1.807, 2.05) is 0 Å². The fraction of sp³-hybridized carbons (Fsp3) is 0. The molecule has 0 aromatic heterocycles. The van der Waals surface area contributed by atoms with Crippen LogP contribution in [0.2, 0.25) is 0 Å². The van der Waals surface area contributed by atoms with Crippen molar-refractivity contribution in [3.05, 3.63) is 352 Å². The van der Waals surface area contributed by atoms with E-state index in [1.165, 1.54) is 21.5 Å². The molecule has 14 rings (SSSR count). The van der Waals surface area contributed by atoms with Gasteiger partial charge in [-0.3, -0.25) is 0 Å². The van der Waals surface area contributed by atoms with Crippen molar-refractivity contribution in [2.24, 2.45) is 0 Å². The molecule has 14 aromatic rings. The summed E-state index contributed by atoms with van der Waals surface area (Å²) >= 11 is 0. The molecule has 4 heteroatoms. The van der Waals surface area contributed by atoms with Crippen molar-refractivity contribution in [3.8, 4) is 33.4 Å². The molecule has 0 radical (unpaired) electrons. The van der Waals surface area contributed by atoms with Gasteiger partial charge in [0.05, 0.1) is 0 Å². The highest BCUT2D eigenvalue weighted by molar-refractivity contribution is 5.92. The van der Waals surface area contributed by atoms with E-state index in [2.05, 4.69) is 371 Å². The van der Waals surface area contributed by atoms with Crippen LogP contribution in [-0.2, 0) is 0 Å². The van der Waals surface area contributed by atoms with Gasteiger partial charge in [0.15, 0.2) is 0 Å². The van der Waals surface area contributed by atoms with Crippen LogP contribution in [0.3, 0.4) is 0 Å². The Balaban J connectivity index is 0.744. The van der Waals surface area contributed by atoms with Gasteiger partial charge in [-0.25, -0.2) is 0 Å². The topological polar surface area (TPSA) is 13.0 Å². The molecular weight excluding hydrogens is 1020 g/mol. The number of anilines is 12. The number of rotatable bonds is 15. The first-order valence-corrected chi connectivity index (χ1v) is 28.6. The molecule has 0 aliphatic carbocycles. The van der Waals surface area contributed by atoms with Crippen LogP contribution >= 0.6 is 0 Å². The molecule has 0 aliphatic heterocycles. The average Bonchev–Trinajstić information content (AvgIpc) is 3.76. The minimum atomic E-state index is 1.08. The molecule has 0 atom stereocenters. The van der Waals surface area contributed by atoms with E-state index in [0.29, 0.717) is 0 Å². The number of benzene rings is 14. The van der Waals surface area contributed by atoms with Gasteiger partial charge in [0, 0.05) is 68.2 Å². The molecule has 84 heavy (non-hydrogen) atoms. The van der Waals surface area contributed by atoms with Crippen LogP contribution in [0.25, 0.3) is 54.9 Å². The molecule has 4 nitrogen and oxygen atoms in total. The molecule has 0 aliphatic rings. The highest BCUT2D eigenvalue weighted by atomic mass is 15.2. The number of hydrogen-bond acceptors (Lipinski definition) is 4. The maximum atomic E-state index is 2.36. The van der Waals surface area contributed by atoms with Crippen LogP contribution in [0, 0.1) is 0 Å². The van der Waals surface area contributed by atoms with Gasteiger partial charge >= 0.3 is 0 Å². The lowest BCUT2D eigenvalue weighted by Gasteiger charge is -2.27. The minimum Gasteiger partial charge on any atom is -0.311 e. The molecule has 0 saturated heterocycles. The molecule has 0 fully saturated rings. The van der Waals surface area contributed by atoms with Gasteiger partial charge < -0.3 is 19.6 Å². The predicted molar refractivity (Wildman–Crippen MR) is 356 cm³/mol. The van der Waals surface area contributed by atoms with Crippen molar-refractivity contribution in [1.29, 1.82) is 0 Å². The third kappa shape index (κ3) is 10.6. The highest BCUT2D eigenvalue weighted by Gasteiger charge is 2.19. The summed E-state index contributed by atoms with van der Waals surface area (Å²) in [5, 5.41) is 4.82. The van der Waals surface area contributed by atoms with Crippen molar-refractivity contribution in [1.82, 2.24) is 0 Å². The summed E-state index contributed by atoms with van der Waals surface area (Å²) in [5.41, 5.74) is 20.1. The van der Waals surface area contributed by atoms with Gasteiger partial charge in [0.1, 0.15) is 0 Å². The zero-order valence-corrected chi connectivity index (χ0v) is 46.3. The van der Waals surface area contributed by atoms with E-state index in [0.717, 1.165) is 102 Å². The molecule has 0 saturated carbocycles. The first kappa shape index (κ1) is 51.0. The predicted octanol–water partition coefficient (Wildman–Crippen LogP) is 22.9. The Morgan fingerprint density at radius 3 is 0.512 bits per heavy atom. The third-order valence-electron chi connectivity index (χ3n) is 15.8. The summed E-state index contributed by atoms with van der Waals surface area (Å²) in [4.78, 5) is 9.31. The second kappa shape index (κ2) is 23.1. The van der Waals surface area contributed by atoms with Crippen molar-refractivity contribution in [2.45, 2.75) is 0 Å². The van der Waals surface area contributed by atoms with E-state index in [1.54, 1.807) is 0 Å². The Labute approximate surface area is 491 Å². The standard InChI is InChI=1S/C80H58N4/c1-5-21-69(22-6-1)81(70-23-7-2-8-24-70)73-43-29-61(30-44-73)63-33-47-75(48-34-63)83(79-55-41-59-17-13-15-19-67(59)57-79)77-51-37-65(38-52-77)66-39-53-78(54-40-66)84(80-56-42-60-18-14-16-20-68(60)58-80)76-49-35-64(36-50-76)62-31-45-74(46-32-62)82(71-25-9-3-10-26-71)72-27-11-4-12-28-72/h1-58H. The van der Waals surface area contributed by atoms with Crippen LogP contribution in [0.1, 0.15) is 0 Å². The van der Waals surface area contributed by atoms with E-state index < -0.39 is 0 Å².